The molecule has 4 heteroatoms. The molecule has 14 heavy (non-hydrogen) atoms. The smallest absolute Gasteiger partial charge is 0.294 e. The maximum absolute atomic E-state index is 11.5. The van der Waals surface area contributed by atoms with Crippen molar-refractivity contribution in [2.75, 3.05) is 5.01 Å². The van der Waals surface area contributed by atoms with Crippen LogP contribution in [0.4, 0.5) is 5.69 Å². The number of hydrogen-bond donors (Lipinski definition) is 1. The van der Waals surface area contributed by atoms with Crippen LogP contribution in [0.2, 0.25) is 0 Å². The summed E-state index contributed by atoms with van der Waals surface area (Å²) >= 11 is 0. The summed E-state index contributed by atoms with van der Waals surface area (Å²) in [5, 5.41) is 12.7. The third-order valence-electron chi connectivity index (χ3n) is 2.02. The van der Waals surface area contributed by atoms with E-state index in [1.807, 2.05) is 18.2 Å². The van der Waals surface area contributed by atoms with Crippen molar-refractivity contribution >= 4 is 23.0 Å². The normalized spacial score (nSPS) is 16.1. The first kappa shape index (κ1) is 8.62. The van der Waals surface area contributed by atoms with Crippen LogP contribution in [-0.4, -0.2) is 17.3 Å². The van der Waals surface area contributed by atoms with Crippen molar-refractivity contribution in [3.05, 3.63) is 30.3 Å². The van der Waals surface area contributed by atoms with Crippen LogP contribution in [0.15, 0.2) is 35.4 Å². The maximum Gasteiger partial charge on any atom is 0.298 e. The van der Waals surface area contributed by atoms with E-state index in [9.17, 15) is 4.79 Å². The molecule has 1 heterocycles. The first-order valence-corrected chi connectivity index (χ1v) is 4.24. The molecule has 0 aliphatic carbocycles. The lowest BCUT2D eigenvalue weighted by Crippen LogP contribution is -2.26. The number of para-hydroxylation sites is 1. The molecular weight excluding hydrogens is 178 g/mol. The van der Waals surface area contributed by atoms with Gasteiger partial charge in [-0.3, -0.25) is 10.2 Å². The predicted octanol–water partition coefficient (Wildman–Crippen LogP) is 1.43. The maximum atomic E-state index is 11.5. The van der Waals surface area contributed by atoms with Gasteiger partial charge in [-0.1, -0.05) is 18.2 Å². The zero-order chi connectivity index (χ0) is 10.1. The average Bonchev–Trinajstić information content (AvgIpc) is 2.47. The number of rotatable bonds is 1. The molecule has 1 aliphatic heterocycles. The third-order valence-corrected chi connectivity index (χ3v) is 2.02. The molecule has 0 fully saturated rings. The Morgan fingerprint density at radius 1 is 1.29 bits per heavy atom. The molecule has 1 amide bonds. The van der Waals surface area contributed by atoms with Crippen LogP contribution >= 0.6 is 0 Å². The van der Waals surface area contributed by atoms with Gasteiger partial charge in [0.05, 0.1) is 11.4 Å². The molecule has 0 aromatic heterocycles. The number of amides is 1. The van der Waals surface area contributed by atoms with Gasteiger partial charge < -0.3 is 0 Å². The number of carbonyl (C=O) groups excluding carboxylic acids is 1. The Morgan fingerprint density at radius 2 is 1.93 bits per heavy atom. The van der Waals surface area contributed by atoms with Crippen molar-refractivity contribution in [1.29, 1.82) is 5.41 Å². The monoisotopic (exact) mass is 187 g/mol. The van der Waals surface area contributed by atoms with Gasteiger partial charge in [-0.05, 0) is 19.1 Å². The van der Waals surface area contributed by atoms with E-state index in [4.69, 9.17) is 5.41 Å². The minimum atomic E-state index is -0.367. The van der Waals surface area contributed by atoms with E-state index >= 15 is 0 Å². The van der Waals surface area contributed by atoms with Crippen molar-refractivity contribution in [1.82, 2.24) is 0 Å². The molecule has 0 spiro atoms. The van der Waals surface area contributed by atoms with Crippen LogP contribution in [0.1, 0.15) is 6.92 Å². The number of hydrazone groups is 1. The van der Waals surface area contributed by atoms with Crippen LogP contribution in [0.25, 0.3) is 0 Å². The number of hydrogen-bond acceptors (Lipinski definition) is 3. The number of nitrogens with one attached hydrogen (secondary N) is 1. The van der Waals surface area contributed by atoms with Gasteiger partial charge in [-0.15, -0.1) is 0 Å². The molecule has 0 saturated heterocycles. The Labute approximate surface area is 81.4 Å². The summed E-state index contributed by atoms with van der Waals surface area (Å²) in [6.45, 7) is 1.66. The van der Waals surface area contributed by atoms with Crippen LogP contribution in [0, 0.1) is 5.41 Å². The van der Waals surface area contributed by atoms with E-state index in [-0.39, 0.29) is 11.6 Å². The number of benzene rings is 1. The summed E-state index contributed by atoms with van der Waals surface area (Å²) in [6, 6.07) is 9.09. The molecule has 0 bridgehead atoms. The minimum Gasteiger partial charge on any atom is -0.294 e. The fourth-order valence-electron chi connectivity index (χ4n) is 1.25. The average molecular weight is 187 g/mol. The molecular formula is C10H9N3O. The lowest BCUT2D eigenvalue weighted by atomic mass is 10.2. The first-order chi connectivity index (χ1) is 6.70. The SMILES string of the molecule is CC1=NN(c2ccccc2)C(=O)C1=N. The van der Waals surface area contributed by atoms with E-state index in [0.29, 0.717) is 11.4 Å². The van der Waals surface area contributed by atoms with Crippen LogP contribution in [0.3, 0.4) is 0 Å². The fraction of sp³-hybridized carbons (Fsp3) is 0.100. The van der Waals surface area contributed by atoms with E-state index in [2.05, 4.69) is 5.10 Å². The number of nitrogens with zero attached hydrogens (tertiary/aromatic N) is 2. The van der Waals surface area contributed by atoms with Gasteiger partial charge in [0.1, 0.15) is 5.71 Å². The molecule has 0 saturated carbocycles. The van der Waals surface area contributed by atoms with E-state index in [1.165, 1.54) is 5.01 Å². The second kappa shape index (κ2) is 3.06. The molecule has 0 radical (unpaired) electrons. The van der Waals surface area contributed by atoms with Crippen LogP contribution in [0.5, 0.6) is 0 Å². The number of anilines is 1. The Kier molecular flexibility index (Phi) is 1.89. The fourth-order valence-corrected chi connectivity index (χ4v) is 1.25. The molecule has 1 N–H and O–H groups in total. The Balaban J connectivity index is 2.39. The van der Waals surface area contributed by atoms with Crippen molar-refractivity contribution in [2.24, 2.45) is 5.10 Å². The van der Waals surface area contributed by atoms with E-state index < -0.39 is 0 Å². The third kappa shape index (κ3) is 1.21. The molecule has 0 unspecified atom stereocenters. The van der Waals surface area contributed by atoms with Gasteiger partial charge in [0.15, 0.2) is 0 Å². The highest BCUT2D eigenvalue weighted by Gasteiger charge is 2.28. The Morgan fingerprint density at radius 3 is 2.43 bits per heavy atom. The van der Waals surface area contributed by atoms with Crippen molar-refractivity contribution in [3.63, 3.8) is 0 Å². The molecule has 2 rings (SSSR count). The Hall–Kier alpha value is -1.97. The standard InChI is InChI=1S/C10H9N3O/c1-7-9(11)10(14)13(12-7)8-5-3-2-4-6-8/h2-6,11H,1H3. The quantitative estimate of drug-likeness (QED) is 0.710. The second-order valence-corrected chi connectivity index (χ2v) is 3.01. The van der Waals surface area contributed by atoms with E-state index in [0.717, 1.165) is 0 Å². The van der Waals surface area contributed by atoms with Crippen LogP contribution in [-0.2, 0) is 4.79 Å². The van der Waals surface area contributed by atoms with Gasteiger partial charge in [0.2, 0.25) is 0 Å². The predicted molar refractivity (Wildman–Crippen MR) is 54.8 cm³/mol. The highest BCUT2D eigenvalue weighted by Crippen LogP contribution is 2.17. The number of carbonyl (C=O) groups is 1. The molecule has 1 aromatic carbocycles. The van der Waals surface area contributed by atoms with Crippen molar-refractivity contribution in [2.45, 2.75) is 6.92 Å². The highest BCUT2D eigenvalue weighted by molar-refractivity contribution is 6.70. The first-order valence-electron chi connectivity index (χ1n) is 4.24. The molecule has 70 valence electrons. The summed E-state index contributed by atoms with van der Waals surface area (Å²) in [4.78, 5) is 11.5. The van der Waals surface area contributed by atoms with E-state index in [1.54, 1.807) is 19.1 Å². The molecule has 0 atom stereocenters. The zero-order valence-electron chi connectivity index (χ0n) is 7.69. The topological polar surface area (TPSA) is 56.5 Å². The summed E-state index contributed by atoms with van der Waals surface area (Å²) in [6.07, 6.45) is 0. The Bertz CT molecular complexity index is 422. The van der Waals surface area contributed by atoms with Crippen molar-refractivity contribution in [3.8, 4) is 0 Å². The summed E-state index contributed by atoms with van der Waals surface area (Å²) in [5.41, 5.74) is 1.12. The van der Waals surface area contributed by atoms with Gasteiger partial charge in [0, 0.05) is 0 Å². The molecule has 1 aliphatic rings. The van der Waals surface area contributed by atoms with Gasteiger partial charge in [-0.2, -0.15) is 10.1 Å². The lowest BCUT2D eigenvalue weighted by Gasteiger charge is -2.09. The highest BCUT2D eigenvalue weighted by atomic mass is 16.2. The van der Waals surface area contributed by atoms with Gasteiger partial charge >= 0.3 is 0 Å². The van der Waals surface area contributed by atoms with Crippen molar-refractivity contribution < 1.29 is 4.79 Å². The van der Waals surface area contributed by atoms with Gasteiger partial charge in [0.25, 0.3) is 5.91 Å². The minimum absolute atomic E-state index is 0.0335. The molecule has 4 nitrogen and oxygen atoms in total. The summed E-state index contributed by atoms with van der Waals surface area (Å²) in [5.74, 6) is -0.367. The summed E-state index contributed by atoms with van der Waals surface area (Å²) in [7, 11) is 0. The van der Waals surface area contributed by atoms with Crippen LogP contribution < -0.4 is 5.01 Å². The zero-order valence-corrected chi connectivity index (χ0v) is 7.69. The molecule has 1 aromatic rings. The van der Waals surface area contributed by atoms with Gasteiger partial charge in [-0.25, -0.2) is 0 Å². The lowest BCUT2D eigenvalue weighted by molar-refractivity contribution is -0.112. The largest absolute Gasteiger partial charge is 0.298 e. The second-order valence-electron chi connectivity index (χ2n) is 3.01. The summed E-state index contributed by atoms with van der Waals surface area (Å²) < 4.78 is 0.